The first-order valence-electron chi connectivity index (χ1n) is 10.1. The van der Waals surface area contributed by atoms with E-state index in [1.807, 2.05) is 39.0 Å². The Hall–Kier alpha value is -3.65. The van der Waals surface area contributed by atoms with Crippen LogP contribution in [0.3, 0.4) is 0 Å². The van der Waals surface area contributed by atoms with Crippen LogP contribution in [0.1, 0.15) is 55.0 Å². The molecule has 7 nitrogen and oxygen atoms in total. The van der Waals surface area contributed by atoms with Crippen molar-refractivity contribution in [1.82, 2.24) is 14.6 Å². The first-order valence-corrected chi connectivity index (χ1v) is 11.0. The molecule has 0 radical (unpaired) electrons. The van der Waals surface area contributed by atoms with Gasteiger partial charge in [0.2, 0.25) is 4.96 Å². The zero-order valence-corrected chi connectivity index (χ0v) is 18.7. The highest BCUT2D eigenvalue weighted by atomic mass is 32.1. The lowest BCUT2D eigenvalue weighted by Gasteiger charge is -2.11. The van der Waals surface area contributed by atoms with Crippen molar-refractivity contribution in [2.75, 3.05) is 0 Å². The third-order valence-corrected chi connectivity index (χ3v) is 6.08. The van der Waals surface area contributed by atoms with Gasteiger partial charge < -0.3 is 4.74 Å². The van der Waals surface area contributed by atoms with E-state index in [0.29, 0.717) is 22.6 Å². The maximum atomic E-state index is 13.2. The molecular formula is C24H21N3O4S. The first-order chi connectivity index (χ1) is 15.4. The van der Waals surface area contributed by atoms with Crippen LogP contribution in [0.5, 0.6) is 0 Å². The molecule has 0 aliphatic carbocycles. The standard InChI is InChI=1S/C24H21N3O4S/c1-4-20-26-27-21(28)12-16(25-24(27)32-20)13-31-23(30)18-8-6-5-7-17(18)22(29)19-11-14(2)9-10-15(19)3/h5-12H,4,13H2,1-3H3. The average molecular weight is 448 g/mol. The van der Waals surface area contributed by atoms with E-state index < -0.39 is 5.97 Å². The van der Waals surface area contributed by atoms with E-state index in [9.17, 15) is 14.4 Å². The number of hydrogen-bond acceptors (Lipinski definition) is 7. The monoisotopic (exact) mass is 447 g/mol. The molecule has 4 aromatic rings. The van der Waals surface area contributed by atoms with Crippen LogP contribution in [0, 0.1) is 13.8 Å². The Morgan fingerprint density at radius 3 is 2.53 bits per heavy atom. The number of aromatic nitrogens is 3. The number of benzene rings is 2. The molecule has 0 fully saturated rings. The van der Waals surface area contributed by atoms with Crippen LogP contribution >= 0.6 is 11.3 Å². The maximum Gasteiger partial charge on any atom is 0.339 e. The van der Waals surface area contributed by atoms with Crippen molar-refractivity contribution in [2.24, 2.45) is 0 Å². The van der Waals surface area contributed by atoms with Gasteiger partial charge in [-0.1, -0.05) is 54.2 Å². The normalized spacial score (nSPS) is 11.0. The second-order valence-corrected chi connectivity index (χ2v) is 8.44. The van der Waals surface area contributed by atoms with Crippen LogP contribution in [0.25, 0.3) is 4.96 Å². The van der Waals surface area contributed by atoms with Gasteiger partial charge in [-0.2, -0.15) is 9.61 Å². The minimum absolute atomic E-state index is 0.169. The number of esters is 1. The van der Waals surface area contributed by atoms with Crippen LogP contribution in [0.2, 0.25) is 0 Å². The summed E-state index contributed by atoms with van der Waals surface area (Å²) in [5.74, 6) is -0.895. The summed E-state index contributed by atoms with van der Waals surface area (Å²) < 4.78 is 6.66. The summed E-state index contributed by atoms with van der Waals surface area (Å²) in [6.45, 7) is 5.53. The van der Waals surface area contributed by atoms with Gasteiger partial charge in [-0.05, 0) is 38.0 Å². The molecule has 0 N–H and O–H groups in total. The molecule has 8 heteroatoms. The van der Waals surface area contributed by atoms with E-state index in [1.165, 1.54) is 21.9 Å². The molecule has 0 amide bonds. The van der Waals surface area contributed by atoms with Gasteiger partial charge in [0.25, 0.3) is 5.56 Å². The van der Waals surface area contributed by atoms with Crippen molar-refractivity contribution >= 4 is 28.1 Å². The van der Waals surface area contributed by atoms with Gasteiger partial charge in [-0.25, -0.2) is 9.78 Å². The van der Waals surface area contributed by atoms with Crippen LogP contribution in [0.4, 0.5) is 0 Å². The molecule has 0 atom stereocenters. The lowest BCUT2D eigenvalue weighted by atomic mass is 9.94. The zero-order valence-electron chi connectivity index (χ0n) is 17.9. The maximum absolute atomic E-state index is 13.2. The van der Waals surface area contributed by atoms with Gasteiger partial charge in [0.15, 0.2) is 5.78 Å². The van der Waals surface area contributed by atoms with Crippen molar-refractivity contribution in [3.05, 3.63) is 97.4 Å². The third-order valence-electron chi connectivity index (χ3n) is 5.02. The van der Waals surface area contributed by atoms with E-state index in [1.54, 1.807) is 24.3 Å². The Balaban J connectivity index is 1.58. The van der Waals surface area contributed by atoms with Crippen molar-refractivity contribution in [3.8, 4) is 0 Å². The number of hydrogen-bond donors (Lipinski definition) is 0. The summed E-state index contributed by atoms with van der Waals surface area (Å²) in [7, 11) is 0. The van der Waals surface area contributed by atoms with Crippen molar-refractivity contribution < 1.29 is 14.3 Å². The molecule has 2 aromatic carbocycles. The Morgan fingerprint density at radius 2 is 1.78 bits per heavy atom. The molecule has 2 heterocycles. The van der Waals surface area contributed by atoms with E-state index in [-0.39, 0.29) is 29.1 Å². The van der Waals surface area contributed by atoms with Gasteiger partial charge in [0.05, 0.1) is 11.3 Å². The number of ether oxygens (including phenoxy) is 1. The van der Waals surface area contributed by atoms with E-state index >= 15 is 0 Å². The third kappa shape index (κ3) is 4.22. The molecular weight excluding hydrogens is 426 g/mol. The summed E-state index contributed by atoms with van der Waals surface area (Å²) in [6.07, 6.45) is 0.697. The molecule has 0 aliphatic rings. The molecule has 0 saturated heterocycles. The SMILES string of the molecule is CCc1nn2c(=O)cc(COC(=O)c3ccccc3C(=O)c3cc(C)ccc3C)nc2s1. The Kier molecular flexibility index (Phi) is 5.96. The summed E-state index contributed by atoms with van der Waals surface area (Å²) in [6, 6.07) is 13.5. The number of nitrogens with zero attached hydrogens (tertiary/aromatic N) is 3. The van der Waals surface area contributed by atoms with Crippen molar-refractivity contribution in [3.63, 3.8) is 0 Å². The van der Waals surface area contributed by atoms with Crippen molar-refractivity contribution in [2.45, 2.75) is 33.8 Å². The number of ketones is 1. The zero-order chi connectivity index (χ0) is 22.8. The Labute approximate surface area is 188 Å². The summed E-state index contributed by atoms with van der Waals surface area (Å²) >= 11 is 1.32. The van der Waals surface area contributed by atoms with Crippen LogP contribution in [-0.4, -0.2) is 26.4 Å². The highest BCUT2D eigenvalue weighted by molar-refractivity contribution is 7.16. The minimum Gasteiger partial charge on any atom is -0.456 e. The smallest absolute Gasteiger partial charge is 0.339 e. The van der Waals surface area contributed by atoms with E-state index in [0.717, 1.165) is 16.1 Å². The van der Waals surface area contributed by atoms with Gasteiger partial charge in [0.1, 0.15) is 11.6 Å². The lowest BCUT2D eigenvalue weighted by Crippen LogP contribution is -2.17. The number of fused-ring (bicyclic) bond motifs is 1. The number of carbonyl (C=O) groups is 2. The molecule has 0 unspecified atom stereocenters. The number of rotatable bonds is 6. The lowest BCUT2D eigenvalue weighted by molar-refractivity contribution is 0.0465. The highest BCUT2D eigenvalue weighted by Crippen LogP contribution is 2.20. The highest BCUT2D eigenvalue weighted by Gasteiger charge is 2.21. The second-order valence-electron chi connectivity index (χ2n) is 7.40. The van der Waals surface area contributed by atoms with Crippen LogP contribution in [-0.2, 0) is 17.8 Å². The fourth-order valence-corrected chi connectivity index (χ4v) is 4.17. The molecule has 4 rings (SSSR count). The number of aryl methyl sites for hydroxylation is 3. The number of carbonyl (C=O) groups excluding carboxylic acids is 2. The fraction of sp³-hybridized carbons (Fsp3) is 0.208. The van der Waals surface area contributed by atoms with Gasteiger partial charge in [-0.15, -0.1) is 0 Å². The van der Waals surface area contributed by atoms with Crippen LogP contribution < -0.4 is 5.56 Å². The molecule has 0 aliphatic heterocycles. The molecule has 32 heavy (non-hydrogen) atoms. The Morgan fingerprint density at radius 1 is 1.03 bits per heavy atom. The molecule has 0 saturated carbocycles. The van der Waals surface area contributed by atoms with Crippen LogP contribution in [0.15, 0.2) is 53.3 Å². The topological polar surface area (TPSA) is 90.6 Å². The van der Waals surface area contributed by atoms with Gasteiger partial charge >= 0.3 is 5.97 Å². The largest absolute Gasteiger partial charge is 0.456 e. The summed E-state index contributed by atoms with van der Waals surface area (Å²) in [5, 5.41) is 5.00. The van der Waals surface area contributed by atoms with Gasteiger partial charge in [0, 0.05) is 17.2 Å². The molecule has 0 spiro atoms. The Bertz CT molecular complexity index is 1400. The van der Waals surface area contributed by atoms with E-state index in [4.69, 9.17) is 4.74 Å². The van der Waals surface area contributed by atoms with Gasteiger partial charge in [-0.3, -0.25) is 9.59 Å². The predicted octanol–water partition coefficient (Wildman–Crippen LogP) is 3.92. The first kappa shape index (κ1) is 21.6. The molecule has 162 valence electrons. The van der Waals surface area contributed by atoms with Crippen molar-refractivity contribution in [1.29, 1.82) is 0 Å². The summed E-state index contributed by atoms with van der Waals surface area (Å²) in [4.78, 5) is 43.1. The quantitative estimate of drug-likeness (QED) is 0.329. The second kappa shape index (κ2) is 8.84. The molecule has 0 bridgehead atoms. The van der Waals surface area contributed by atoms with E-state index in [2.05, 4.69) is 10.1 Å². The predicted molar refractivity (Wildman–Crippen MR) is 121 cm³/mol. The fourth-order valence-electron chi connectivity index (χ4n) is 3.31. The minimum atomic E-state index is -0.653. The summed E-state index contributed by atoms with van der Waals surface area (Å²) in [5.41, 5.74) is 2.77. The average Bonchev–Trinajstić information content (AvgIpc) is 3.22. The molecule has 2 aromatic heterocycles.